The second-order valence-corrected chi connectivity index (χ2v) is 3.50. The second kappa shape index (κ2) is 6.12. The summed E-state index contributed by atoms with van der Waals surface area (Å²) in [4.78, 5) is 25.1. The summed E-state index contributed by atoms with van der Waals surface area (Å²) >= 11 is 5.57. The third-order valence-electron chi connectivity index (χ3n) is 1.91. The van der Waals surface area contributed by atoms with Crippen LogP contribution in [0.15, 0.2) is 12.3 Å². The van der Waals surface area contributed by atoms with Crippen LogP contribution in [0.2, 0.25) is 5.15 Å². The molecule has 0 aromatic carbocycles. The van der Waals surface area contributed by atoms with Crippen molar-refractivity contribution in [1.82, 2.24) is 10.3 Å². The Morgan fingerprint density at radius 2 is 2.35 bits per heavy atom. The van der Waals surface area contributed by atoms with Gasteiger partial charge in [-0.2, -0.15) is 0 Å². The first-order valence-electron chi connectivity index (χ1n) is 4.75. The normalized spacial score (nSPS) is 10.0. The standard InChI is InChI=1S/C9H10ClN3O4/c10-8-4-6(7(5-12-8)13(16)17)9(15)11-2-1-3-14/h4-5,14H,1-3H2,(H,11,15). The summed E-state index contributed by atoms with van der Waals surface area (Å²) in [6.45, 7) is 0.159. The average Bonchev–Trinajstić information content (AvgIpc) is 2.28. The third-order valence-corrected chi connectivity index (χ3v) is 2.12. The van der Waals surface area contributed by atoms with Crippen LogP contribution in [-0.2, 0) is 0 Å². The van der Waals surface area contributed by atoms with Gasteiger partial charge in [0.25, 0.3) is 11.6 Å². The van der Waals surface area contributed by atoms with Gasteiger partial charge >= 0.3 is 0 Å². The van der Waals surface area contributed by atoms with Crippen LogP contribution in [0.25, 0.3) is 0 Å². The lowest BCUT2D eigenvalue weighted by atomic mass is 10.2. The van der Waals surface area contributed by atoms with Gasteiger partial charge in [0.05, 0.1) is 4.92 Å². The van der Waals surface area contributed by atoms with Crippen LogP contribution in [0.4, 0.5) is 5.69 Å². The number of nitrogens with zero attached hydrogens (tertiary/aromatic N) is 2. The number of halogens is 1. The summed E-state index contributed by atoms with van der Waals surface area (Å²) in [5, 5.41) is 21.7. The Morgan fingerprint density at radius 1 is 1.65 bits per heavy atom. The van der Waals surface area contributed by atoms with Gasteiger partial charge in [-0.15, -0.1) is 0 Å². The molecule has 0 saturated heterocycles. The Kier molecular flexibility index (Phi) is 4.80. The molecular formula is C9H10ClN3O4. The van der Waals surface area contributed by atoms with Gasteiger partial charge < -0.3 is 10.4 Å². The highest BCUT2D eigenvalue weighted by atomic mass is 35.5. The van der Waals surface area contributed by atoms with Crippen LogP contribution in [0.5, 0.6) is 0 Å². The lowest BCUT2D eigenvalue weighted by Crippen LogP contribution is -2.25. The Hall–Kier alpha value is -1.73. The lowest BCUT2D eigenvalue weighted by molar-refractivity contribution is -0.385. The molecule has 1 aromatic heterocycles. The van der Waals surface area contributed by atoms with E-state index in [9.17, 15) is 14.9 Å². The molecule has 1 aromatic rings. The summed E-state index contributed by atoms with van der Waals surface area (Å²) in [6.07, 6.45) is 1.31. The van der Waals surface area contributed by atoms with E-state index in [-0.39, 0.29) is 23.9 Å². The van der Waals surface area contributed by atoms with Gasteiger partial charge in [-0.1, -0.05) is 11.6 Å². The molecule has 2 N–H and O–H groups in total. The summed E-state index contributed by atoms with van der Waals surface area (Å²) in [7, 11) is 0. The van der Waals surface area contributed by atoms with E-state index < -0.39 is 16.5 Å². The van der Waals surface area contributed by atoms with E-state index in [4.69, 9.17) is 16.7 Å². The maximum atomic E-state index is 11.6. The SMILES string of the molecule is O=C(NCCCO)c1cc(Cl)ncc1[N+](=O)[O-]. The van der Waals surface area contributed by atoms with Crippen molar-refractivity contribution in [2.45, 2.75) is 6.42 Å². The maximum absolute atomic E-state index is 11.6. The van der Waals surface area contributed by atoms with Gasteiger partial charge in [0.1, 0.15) is 16.9 Å². The molecule has 0 atom stereocenters. The molecule has 0 unspecified atom stereocenters. The van der Waals surface area contributed by atoms with Crippen LogP contribution in [0.3, 0.4) is 0 Å². The number of carbonyl (C=O) groups excluding carboxylic acids is 1. The van der Waals surface area contributed by atoms with E-state index >= 15 is 0 Å². The Morgan fingerprint density at radius 3 is 2.94 bits per heavy atom. The number of carbonyl (C=O) groups is 1. The zero-order chi connectivity index (χ0) is 12.8. The summed E-state index contributed by atoms with van der Waals surface area (Å²) in [5.41, 5.74) is -0.552. The van der Waals surface area contributed by atoms with Crippen LogP contribution in [0.1, 0.15) is 16.8 Å². The molecule has 0 spiro atoms. The number of amides is 1. The highest BCUT2D eigenvalue weighted by Crippen LogP contribution is 2.19. The molecule has 1 heterocycles. The van der Waals surface area contributed by atoms with Crippen molar-refractivity contribution < 1.29 is 14.8 Å². The van der Waals surface area contributed by atoms with Gasteiger partial charge in [-0.3, -0.25) is 14.9 Å². The first kappa shape index (κ1) is 13.3. The van der Waals surface area contributed by atoms with Gasteiger partial charge in [-0.25, -0.2) is 4.98 Å². The Labute approximate surface area is 102 Å². The van der Waals surface area contributed by atoms with Crippen molar-refractivity contribution in [1.29, 1.82) is 0 Å². The fourth-order valence-corrected chi connectivity index (χ4v) is 1.28. The highest BCUT2D eigenvalue weighted by Gasteiger charge is 2.20. The maximum Gasteiger partial charge on any atom is 0.300 e. The number of pyridine rings is 1. The predicted octanol–water partition coefficient (Wildman–Crippen LogP) is 0.755. The van der Waals surface area contributed by atoms with Gasteiger partial charge in [0.15, 0.2) is 0 Å². The fourth-order valence-electron chi connectivity index (χ4n) is 1.13. The minimum absolute atomic E-state index is 0.00269. The molecule has 8 heteroatoms. The second-order valence-electron chi connectivity index (χ2n) is 3.11. The number of aliphatic hydroxyl groups is 1. The fraction of sp³-hybridized carbons (Fsp3) is 0.333. The zero-order valence-electron chi connectivity index (χ0n) is 8.72. The summed E-state index contributed by atoms with van der Waals surface area (Å²) in [5.74, 6) is -0.616. The molecule has 0 fully saturated rings. The van der Waals surface area contributed by atoms with Gasteiger partial charge in [-0.05, 0) is 12.5 Å². The molecule has 0 bridgehead atoms. The van der Waals surface area contributed by atoms with Crippen molar-refractivity contribution in [3.8, 4) is 0 Å². The molecule has 0 aliphatic carbocycles. The summed E-state index contributed by atoms with van der Waals surface area (Å²) in [6, 6.07) is 1.13. The van der Waals surface area contributed by atoms with Crippen LogP contribution in [0, 0.1) is 10.1 Å². The number of nitro groups is 1. The Bertz CT molecular complexity index is 438. The largest absolute Gasteiger partial charge is 0.396 e. The topological polar surface area (TPSA) is 105 Å². The van der Waals surface area contributed by atoms with Gasteiger partial charge in [0.2, 0.25) is 0 Å². The lowest BCUT2D eigenvalue weighted by Gasteiger charge is -2.04. The van der Waals surface area contributed by atoms with Crippen molar-refractivity contribution in [3.63, 3.8) is 0 Å². The first-order valence-corrected chi connectivity index (χ1v) is 5.13. The number of hydrogen-bond acceptors (Lipinski definition) is 5. The summed E-state index contributed by atoms with van der Waals surface area (Å²) < 4.78 is 0. The van der Waals surface area contributed by atoms with E-state index in [1.54, 1.807) is 0 Å². The number of nitrogens with one attached hydrogen (secondary N) is 1. The molecule has 17 heavy (non-hydrogen) atoms. The molecule has 92 valence electrons. The monoisotopic (exact) mass is 259 g/mol. The van der Waals surface area contributed by atoms with E-state index in [1.165, 1.54) is 0 Å². The molecular weight excluding hydrogens is 250 g/mol. The quantitative estimate of drug-likeness (QED) is 0.351. The van der Waals surface area contributed by atoms with Crippen LogP contribution < -0.4 is 5.32 Å². The molecule has 1 rings (SSSR count). The average molecular weight is 260 g/mol. The van der Waals surface area contributed by atoms with Crippen molar-refractivity contribution >= 4 is 23.2 Å². The molecule has 7 nitrogen and oxygen atoms in total. The van der Waals surface area contributed by atoms with E-state index in [0.717, 1.165) is 12.3 Å². The van der Waals surface area contributed by atoms with Crippen LogP contribution >= 0.6 is 11.6 Å². The minimum atomic E-state index is -0.704. The van der Waals surface area contributed by atoms with E-state index in [0.29, 0.717) is 6.42 Å². The molecule has 0 radical (unpaired) electrons. The molecule has 1 amide bonds. The molecule has 0 aliphatic rings. The minimum Gasteiger partial charge on any atom is -0.396 e. The van der Waals surface area contributed by atoms with Crippen LogP contribution in [-0.4, -0.2) is 34.1 Å². The number of aromatic nitrogens is 1. The third kappa shape index (κ3) is 3.65. The number of aliphatic hydroxyl groups excluding tert-OH is 1. The van der Waals surface area contributed by atoms with Crippen molar-refractivity contribution in [2.24, 2.45) is 0 Å². The van der Waals surface area contributed by atoms with Gasteiger partial charge in [0, 0.05) is 13.2 Å². The zero-order valence-corrected chi connectivity index (χ0v) is 9.48. The number of rotatable bonds is 5. The molecule has 0 aliphatic heterocycles. The van der Waals surface area contributed by atoms with E-state index in [2.05, 4.69) is 10.3 Å². The number of hydrogen-bond donors (Lipinski definition) is 2. The smallest absolute Gasteiger partial charge is 0.300 e. The van der Waals surface area contributed by atoms with Crippen molar-refractivity contribution in [3.05, 3.63) is 33.1 Å². The van der Waals surface area contributed by atoms with Crippen molar-refractivity contribution in [2.75, 3.05) is 13.2 Å². The molecule has 0 saturated carbocycles. The first-order chi connectivity index (χ1) is 8.06. The highest BCUT2D eigenvalue weighted by molar-refractivity contribution is 6.29. The van der Waals surface area contributed by atoms with E-state index in [1.807, 2.05) is 0 Å². The predicted molar refractivity (Wildman–Crippen MR) is 59.9 cm³/mol. The Balaban J connectivity index is 2.90.